The number of rotatable bonds is 16. The van der Waals surface area contributed by atoms with Gasteiger partial charge < -0.3 is 30.1 Å². The Morgan fingerprint density at radius 1 is 0.920 bits per heavy atom. The van der Waals surface area contributed by atoms with Gasteiger partial charge in [-0.1, -0.05) is 80.9 Å². The van der Waals surface area contributed by atoms with Crippen LogP contribution in [0, 0.1) is 5.92 Å². The second kappa shape index (κ2) is 17.8. The quantitative estimate of drug-likeness (QED) is 0.190. The molecule has 2 aliphatic heterocycles. The van der Waals surface area contributed by atoms with E-state index < -0.39 is 28.0 Å². The van der Waals surface area contributed by atoms with E-state index in [0.717, 1.165) is 16.7 Å². The van der Waals surface area contributed by atoms with E-state index in [2.05, 4.69) is 10.6 Å². The summed E-state index contributed by atoms with van der Waals surface area (Å²) in [6.45, 7) is 6.47. The third kappa shape index (κ3) is 9.42. The number of unbranched alkanes of at least 4 members (excludes halogenated alkanes) is 1. The average Bonchev–Trinajstić information content (AvgIpc) is 3.61. The van der Waals surface area contributed by atoms with E-state index in [-0.39, 0.29) is 35.9 Å². The van der Waals surface area contributed by atoms with Crippen LogP contribution in [-0.4, -0.2) is 99.4 Å². The van der Waals surface area contributed by atoms with Crippen LogP contribution in [0.25, 0.3) is 0 Å². The first-order valence-electron chi connectivity index (χ1n) is 17.6. The third-order valence-corrected chi connectivity index (χ3v) is 11.1. The summed E-state index contributed by atoms with van der Waals surface area (Å²) in [5.74, 6) is -0.00103. The maximum atomic E-state index is 14.0. The van der Waals surface area contributed by atoms with Gasteiger partial charge in [0, 0.05) is 44.6 Å². The van der Waals surface area contributed by atoms with Crippen molar-refractivity contribution in [1.82, 2.24) is 19.8 Å². The Balaban J connectivity index is 1.26. The molecule has 0 aliphatic carbocycles. The molecule has 0 radical (unpaired) electrons. The van der Waals surface area contributed by atoms with Crippen LogP contribution < -0.4 is 15.4 Å². The molecule has 3 amide bonds. The summed E-state index contributed by atoms with van der Waals surface area (Å²) in [7, 11) is -3.88. The van der Waals surface area contributed by atoms with Gasteiger partial charge in [0.1, 0.15) is 11.8 Å². The van der Waals surface area contributed by atoms with E-state index in [9.17, 15) is 23.1 Å². The van der Waals surface area contributed by atoms with E-state index in [1.165, 1.54) is 4.31 Å². The second-order valence-corrected chi connectivity index (χ2v) is 15.2. The number of fused-ring (bicyclic) bond motifs is 1. The summed E-state index contributed by atoms with van der Waals surface area (Å²) in [6.07, 6.45) is 2.20. The van der Waals surface area contributed by atoms with E-state index in [1.807, 2.05) is 74.5 Å². The molecule has 3 aromatic carbocycles. The van der Waals surface area contributed by atoms with Gasteiger partial charge in [0.25, 0.3) is 0 Å². The van der Waals surface area contributed by atoms with Gasteiger partial charge in [-0.15, -0.1) is 0 Å². The predicted molar refractivity (Wildman–Crippen MR) is 192 cm³/mol. The Hall–Kier alpha value is -3.97. The van der Waals surface area contributed by atoms with Gasteiger partial charge in [0.15, 0.2) is 0 Å². The first-order valence-corrected chi connectivity index (χ1v) is 19.0. The first-order chi connectivity index (χ1) is 24.2. The zero-order valence-corrected chi connectivity index (χ0v) is 29.8. The maximum Gasteiger partial charge on any atom is 0.318 e. The van der Waals surface area contributed by atoms with Crippen LogP contribution in [0.15, 0.2) is 83.8 Å². The molecule has 0 aromatic heterocycles. The lowest BCUT2D eigenvalue weighted by molar-refractivity contribution is -0.123. The molecule has 3 aromatic rings. The molecule has 0 saturated carbocycles. The van der Waals surface area contributed by atoms with Crippen LogP contribution in [0.2, 0.25) is 0 Å². The number of hydrogen-bond donors (Lipinski definition) is 3. The Kier molecular flexibility index (Phi) is 13.3. The van der Waals surface area contributed by atoms with Crippen LogP contribution in [0.3, 0.4) is 0 Å². The molecule has 2 aliphatic rings. The lowest BCUT2D eigenvalue weighted by Crippen LogP contribution is -2.55. The number of urea groups is 1. The van der Waals surface area contributed by atoms with Crippen LogP contribution >= 0.6 is 0 Å². The van der Waals surface area contributed by atoms with E-state index >= 15 is 0 Å². The average molecular weight is 707 g/mol. The highest BCUT2D eigenvalue weighted by atomic mass is 32.2. The van der Waals surface area contributed by atoms with Crippen molar-refractivity contribution in [3.05, 3.63) is 95.6 Å². The van der Waals surface area contributed by atoms with Crippen molar-refractivity contribution in [1.29, 1.82) is 0 Å². The Labute approximate surface area is 296 Å². The van der Waals surface area contributed by atoms with Gasteiger partial charge in [-0.2, -0.15) is 4.31 Å². The minimum absolute atomic E-state index is 0.0441. The van der Waals surface area contributed by atoms with Gasteiger partial charge in [0.2, 0.25) is 15.9 Å². The second-order valence-electron chi connectivity index (χ2n) is 13.3. The number of nitrogens with zero attached hydrogens (tertiary/aromatic N) is 2. The highest BCUT2D eigenvalue weighted by Gasteiger charge is 2.35. The van der Waals surface area contributed by atoms with Crippen molar-refractivity contribution in [2.45, 2.75) is 62.4 Å². The zero-order chi connectivity index (χ0) is 35.5. The molecule has 0 unspecified atom stereocenters. The van der Waals surface area contributed by atoms with Gasteiger partial charge >= 0.3 is 6.03 Å². The van der Waals surface area contributed by atoms with Crippen LogP contribution in [0.1, 0.15) is 55.7 Å². The summed E-state index contributed by atoms with van der Waals surface area (Å²) < 4.78 is 40.2. The predicted octanol–water partition coefficient (Wildman–Crippen LogP) is 4.16. The largest absolute Gasteiger partial charge is 0.493 e. The third-order valence-electron chi connectivity index (χ3n) is 9.20. The molecule has 5 rings (SSSR count). The topological polar surface area (TPSA) is 138 Å². The number of sulfonamides is 1. The standard InChI is InChI=1S/C38H50N4O7S/c1-28(2)26-42(50(46,47)33-16-17-34-31(25-33)18-22-49-34)32(27-43)15-9-10-19-39-37(44)36(40-38(45)41-20-23-48-24-21-41)35(29-11-5-3-6-12-29)30-13-7-4-8-14-30/h3-8,11-14,16-17,25,28,32,35-36,43H,9-10,15,18-24,26-27H2,1-2H3,(H,39,44)(H,40,45)/t32-,36+/m0/s1. The number of benzene rings is 3. The highest BCUT2D eigenvalue weighted by molar-refractivity contribution is 7.89. The minimum atomic E-state index is -3.88. The Bertz CT molecular complexity index is 1610. The highest BCUT2D eigenvalue weighted by Crippen LogP contribution is 2.31. The molecule has 3 N–H and O–H groups in total. The van der Waals surface area contributed by atoms with Gasteiger partial charge in [-0.3, -0.25) is 4.79 Å². The van der Waals surface area contributed by atoms with Crippen LogP contribution in [0.5, 0.6) is 5.75 Å². The van der Waals surface area contributed by atoms with E-state index in [4.69, 9.17) is 9.47 Å². The molecule has 11 nitrogen and oxygen atoms in total. The summed E-state index contributed by atoms with van der Waals surface area (Å²) >= 11 is 0. The Morgan fingerprint density at radius 3 is 2.20 bits per heavy atom. The lowest BCUT2D eigenvalue weighted by Gasteiger charge is -2.32. The fourth-order valence-electron chi connectivity index (χ4n) is 6.60. The monoisotopic (exact) mass is 706 g/mol. The smallest absolute Gasteiger partial charge is 0.318 e. The summed E-state index contributed by atoms with van der Waals surface area (Å²) in [5, 5.41) is 16.5. The number of nitrogens with one attached hydrogen (secondary N) is 2. The van der Waals surface area contributed by atoms with Crippen molar-refractivity contribution in [2.75, 3.05) is 52.6 Å². The molecule has 2 heterocycles. The zero-order valence-electron chi connectivity index (χ0n) is 29.0. The van der Waals surface area contributed by atoms with Crippen molar-refractivity contribution in [2.24, 2.45) is 5.92 Å². The fraction of sp³-hybridized carbons (Fsp3) is 0.474. The molecular weight excluding hydrogens is 657 g/mol. The first kappa shape index (κ1) is 37.3. The van der Waals surface area contributed by atoms with E-state index in [0.29, 0.717) is 70.9 Å². The molecule has 1 saturated heterocycles. The van der Waals surface area contributed by atoms with E-state index in [1.54, 1.807) is 23.1 Å². The molecule has 1 fully saturated rings. The minimum Gasteiger partial charge on any atom is -0.493 e. The molecule has 0 bridgehead atoms. The lowest BCUT2D eigenvalue weighted by atomic mass is 9.84. The summed E-state index contributed by atoms with van der Waals surface area (Å²) in [4.78, 5) is 29.3. The van der Waals surface area contributed by atoms with Crippen molar-refractivity contribution >= 4 is 22.0 Å². The van der Waals surface area contributed by atoms with Crippen LogP contribution in [0.4, 0.5) is 4.79 Å². The van der Waals surface area contributed by atoms with Crippen molar-refractivity contribution < 1.29 is 32.6 Å². The molecule has 270 valence electrons. The SMILES string of the molecule is CC(C)CN([C@H](CO)CCCCNC(=O)[C@H](NC(=O)N1CCOCC1)C(c1ccccc1)c1ccccc1)S(=O)(=O)c1ccc2c(c1)CCO2. The normalized spacial score (nSPS) is 15.8. The fourth-order valence-corrected chi connectivity index (χ4v) is 8.47. The van der Waals surface area contributed by atoms with Crippen LogP contribution in [-0.2, 0) is 26.0 Å². The molecule has 50 heavy (non-hydrogen) atoms. The number of aliphatic hydroxyl groups is 1. The van der Waals surface area contributed by atoms with Gasteiger partial charge in [0.05, 0.1) is 31.3 Å². The number of morpholine rings is 1. The van der Waals surface area contributed by atoms with Crippen molar-refractivity contribution in [3.8, 4) is 5.75 Å². The number of hydrogen-bond acceptors (Lipinski definition) is 7. The summed E-state index contributed by atoms with van der Waals surface area (Å²) in [5.41, 5.74) is 2.66. The Morgan fingerprint density at radius 2 is 1.58 bits per heavy atom. The molecule has 12 heteroatoms. The number of carbonyl (C=O) groups is 2. The number of aliphatic hydroxyl groups excluding tert-OH is 1. The number of ether oxygens (including phenoxy) is 2. The number of carbonyl (C=O) groups excluding carboxylic acids is 2. The molecule has 2 atom stereocenters. The maximum absolute atomic E-state index is 14.0. The number of amides is 3. The molecular formula is C38H50N4O7S. The summed E-state index contributed by atoms with van der Waals surface area (Å²) in [6, 6.07) is 22.5. The molecule has 0 spiro atoms. The van der Waals surface area contributed by atoms with Gasteiger partial charge in [-0.05, 0) is 53.6 Å². The van der Waals surface area contributed by atoms with Gasteiger partial charge in [-0.25, -0.2) is 13.2 Å². The van der Waals surface area contributed by atoms with Crippen molar-refractivity contribution in [3.63, 3.8) is 0 Å².